The summed E-state index contributed by atoms with van der Waals surface area (Å²) in [6.45, 7) is 3.66. The van der Waals surface area contributed by atoms with Crippen LogP contribution in [0.2, 0.25) is 0 Å². The lowest BCUT2D eigenvalue weighted by Crippen LogP contribution is -2.37. The van der Waals surface area contributed by atoms with E-state index < -0.39 is 0 Å². The van der Waals surface area contributed by atoms with Gasteiger partial charge in [0.25, 0.3) is 0 Å². The fourth-order valence-electron chi connectivity index (χ4n) is 3.53. The topological polar surface area (TPSA) is 18.5 Å². The van der Waals surface area contributed by atoms with Crippen molar-refractivity contribution in [1.29, 1.82) is 0 Å². The Balaban J connectivity index is 1.49. The summed E-state index contributed by atoms with van der Waals surface area (Å²) in [4.78, 5) is 0. The molecule has 1 saturated heterocycles. The third-order valence-electron chi connectivity index (χ3n) is 5.02. The lowest BCUT2D eigenvalue weighted by molar-refractivity contribution is -0.217. The summed E-state index contributed by atoms with van der Waals surface area (Å²) in [5.41, 5.74) is 4.27. The first kappa shape index (κ1) is 16.0. The van der Waals surface area contributed by atoms with Crippen molar-refractivity contribution in [3.8, 4) is 0 Å². The highest BCUT2D eigenvalue weighted by atomic mass is 35.5. The molecule has 120 valence electrons. The maximum atomic E-state index is 6.04. The maximum Gasteiger partial charge on any atom is 0.160 e. The average Bonchev–Trinajstić information content (AvgIpc) is 2.57. The third-order valence-corrected chi connectivity index (χ3v) is 5.16. The molecule has 1 aliphatic heterocycles. The highest BCUT2D eigenvalue weighted by molar-refractivity contribution is 6.25. The largest absolute Gasteiger partial charge is 0.352 e. The second kappa shape index (κ2) is 7.63. The molecule has 3 heteroatoms. The molecule has 0 atom stereocenters. The number of benzene rings is 1. The summed E-state index contributed by atoms with van der Waals surface area (Å²) in [5, 5.41) is 0. The Kier molecular flexibility index (Phi) is 5.56. The van der Waals surface area contributed by atoms with Gasteiger partial charge in [0.15, 0.2) is 6.29 Å². The lowest BCUT2D eigenvalue weighted by Gasteiger charge is -2.37. The average molecular weight is 321 g/mol. The van der Waals surface area contributed by atoms with E-state index in [1.807, 2.05) is 0 Å². The molecule has 0 bridgehead atoms. The van der Waals surface area contributed by atoms with E-state index >= 15 is 0 Å². The SMILES string of the molecule is Cc1ccc([C@H]2CO[C@H]([C@H]3CC[C@H](/C=C/Cl)CC3)OC2)cc1. The Morgan fingerprint density at radius 1 is 1.00 bits per heavy atom. The summed E-state index contributed by atoms with van der Waals surface area (Å²) in [7, 11) is 0. The number of hydrogen-bond acceptors (Lipinski definition) is 2. The Morgan fingerprint density at radius 3 is 2.23 bits per heavy atom. The summed E-state index contributed by atoms with van der Waals surface area (Å²) >= 11 is 5.67. The first-order valence-electron chi connectivity index (χ1n) is 8.33. The second-order valence-corrected chi connectivity index (χ2v) is 6.89. The van der Waals surface area contributed by atoms with Crippen molar-refractivity contribution in [1.82, 2.24) is 0 Å². The number of rotatable bonds is 3. The Bertz CT molecular complexity index is 481. The van der Waals surface area contributed by atoms with Crippen LogP contribution in [0.5, 0.6) is 0 Å². The van der Waals surface area contributed by atoms with Crippen LogP contribution in [0.4, 0.5) is 0 Å². The van der Waals surface area contributed by atoms with Gasteiger partial charge in [0.1, 0.15) is 0 Å². The minimum absolute atomic E-state index is 0.0115. The quantitative estimate of drug-likeness (QED) is 0.779. The molecule has 0 radical (unpaired) electrons. The van der Waals surface area contributed by atoms with Gasteiger partial charge in [-0.2, -0.15) is 0 Å². The van der Waals surface area contributed by atoms with Crippen molar-refractivity contribution < 1.29 is 9.47 Å². The Morgan fingerprint density at radius 2 is 1.64 bits per heavy atom. The van der Waals surface area contributed by atoms with Gasteiger partial charge in [0, 0.05) is 17.4 Å². The van der Waals surface area contributed by atoms with Gasteiger partial charge in [-0.05, 0) is 44.1 Å². The first-order valence-corrected chi connectivity index (χ1v) is 8.76. The van der Waals surface area contributed by atoms with E-state index in [0.29, 0.717) is 17.8 Å². The van der Waals surface area contributed by atoms with E-state index in [1.54, 1.807) is 5.54 Å². The number of hydrogen-bond donors (Lipinski definition) is 0. The number of halogens is 1. The molecule has 1 aliphatic carbocycles. The Hall–Kier alpha value is -0.830. The first-order chi connectivity index (χ1) is 10.8. The van der Waals surface area contributed by atoms with Crippen molar-refractivity contribution in [3.05, 3.63) is 47.0 Å². The van der Waals surface area contributed by atoms with Crippen LogP contribution in [-0.2, 0) is 9.47 Å². The zero-order valence-corrected chi connectivity index (χ0v) is 14.0. The van der Waals surface area contributed by atoms with E-state index in [-0.39, 0.29) is 6.29 Å². The molecule has 2 nitrogen and oxygen atoms in total. The molecular weight excluding hydrogens is 296 g/mol. The molecule has 2 fully saturated rings. The molecule has 1 aromatic rings. The van der Waals surface area contributed by atoms with Crippen LogP contribution in [0, 0.1) is 18.8 Å². The van der Waals surface area contributed by atoms with Crippen molar-refractivity contribution in [2.75, 3.05) is 13.2 Å². The monoisotopic (exact) mass is 320 g/mol. The molecule has 0 N–H and O–H groups in total. The highest BCUT2D eigenvalue weighted by Gasteiger charge is 2.32. The molecule has 0 amide bonds. The van der Waals surface area contributed by atoms with Gasteiger partial charge in [-0.3, -0.25) is 0 Å². The van der Waals surface area contributed by atoms with E-state index in [2.05, 4.69) is 37.3 Å². The van der Waals surface area contributed by atoms with Crippen LogP contribution in [0.25, 0.3) is 0 Å². The standard InChI is InChI=1S/C19H25ClO2/c1-14-2-6-16(7-3-14)18-12-21-19(22-13-18)17-8-4-15(5-9-17)10-11-20/h2-3,6-7,10-11,15,17-19H,4-5,8-9,12-13H2,1H3/b11-10+/t15-,17-,18-,19-. The van der Waals surface area contributed by atoms with Crippen LogP contribution in [0.1, 0.15) is 42.7 Å². The van der Waals surface area contributed by atoms with Crippen LogP contribution in [-0.4, -0.2) is 19.5 Å². The van der Waals surface area contributed by atoms with Crippen molar-refractivity contribution in [2.45, 2.75) is 44.8 Å². The van der Waals surface area contributed by atoms with Gasteiger partial charge in [-0.1, -0.05) is 47.5 Å². The molecule has 2 aliphatic rings. The van der Waals surface area contributed by atoms with Crippen LogP contribution in [0.3, 0.4) is 0 Å². The van der Waals surface area contributed by atoms with Gasteiger partial charge in [-0.25, -0.2) is 0 Å². The summed E-state index contributed by atoms with van der Waals surface area (Å²) in [5.74, 6) is 1.55. The van der Waals surface area contributed by atoms with Gasteiger partial charge in [0.05, 0.1) is 13.2 Å². The van der Waals surface area contributed by atoms with Gasteiger partial charge >= 0.3 is 0 Å². The van der Waals surface area contributed by atoms with Crippen molar-refractivity contribution in [3.63, 3.8) is 0 Å². The smallest absolute Gasteiger partial charge is 0.160 e. The van der Waals surface area contributed by atoms with E-state index in [0.717, 1.165) is 13.2 Å². The third kappa shape index (κ3) is 3.92. The van der Waals surface area contributed by atoms with Crippen LogP contribution < -0.4 is 0 Å². The molecule has 0 spiro atoms. The molecule has 0 unspecified atom stereocenters. The molecule has 22 heavy (non-hydrogen) atoms. The molecular formula is C19H25ClO2. The van der Waals surface area contributed by atoms with E-state index in [1.165, 1.54) is 36.8 Å². The fourth-order valence-corrected chi connectivity index (χ4v) is 3.74. The normalized spacial score (nSPS) is 33.2. The zero-order valence-electron chi connectivity index (χ0n) is 13.2. The van der Waals surface area contributed by atoms with E-state index in [9.17, 15) is 0 Å². The fraction of sp³-hybridized carbons (Fsp3) is 0.579. The van der Waals surface area contributed by atoms with Crippen LogP contribution >= 0.6 is 11.6 Å². The van der Waals surface area contributed by atoms with Crippen LogP contribution in [0.15, 0.2) is 35.9 Å². The minimum Gasteiger partial charge on any atom is -0.352 e. The lowest BCUT2D eigenvalue weighted by atomic mass is 9.81. The minimum atomic E-state index is -0.0115. The molecule has 1 aromatic carbocycles. The van der Waals surface area contributed by atoms with Crippen molar-refractivity contribution >= 4 is 11.6 Å². The van der Waals surface area contributed by atoms with Gasteiger partial charge in [0.2, 0.25) is 0 Å². The molecule has 3 rings (SSSR count). The summed E-state index contributed by atoms with van der Waals surface area (Å²) in [6, 6.07) is 8.70. The van der Waals surface area contributed by atoms with Crippen molar-refractivity contribution in [2.24, 2.45) is 11.8 Å². The van der Waals surface area contributed by atoms with E-state index in [4.69, 9.17) is 21.1 Å². The number of ether oxygens (including phenoxy) is 2. The summed E-state index contributed by atoms with van der Waals surface area (Å²) < 4.78 is 12.1. The predicted molar refractivity (Wildman–Crippen MR) is 90.1 cm³/mol. The number of allylic oxidation sites excluding steroid dienone is 1. The predicted octanol–water partition coefficient (Wildman–Crippen LogP) is 5.01. The number of aryl methyl sites for hydroxylation is 1. The molecule has 1 heterocycles. The second-order valence-electron chi connectivity index (χ2n) is 6.64. The highest BCUT2D eigenvalue weighted by Crippen LogP contribution is 2.35. The molecule has 0 aromatic heterocycles. The van der Waals surface area contributed by atoms with Gasteiger partial charge in [-0.15, -0.1) is 0 Å². The zero-order chi connectivity index (χ0) is 15.4. The molecule has 1 saturated carbocycles. The Labute approximate surface area is 138 Å². The summed E-state index contributed by atoms with van der Waals surface area (Å²) in [6.07, 6.45) is 6.84. The van der Waals surface area contributed by atoms with Gasteiger partial charge < -0.3 is 9.47 Å². The maximum absolute atomic E-state index is 6.04.